The maximum Gasteiger partial charge on any atom is 0.291 e. The minimum atomic E-state index is -0.333. The van der Waals surface area contributed by atoms with E-state index in [9.17, 15) is 9.59 Å². The van der Waals surface area contributed by atoms with E-state index in [1.54, 1.807) is 59.1 Å². The monoisotopic (exact) mass is 437 g/mol. The maximum absolute atomic E-state index is 12.4. The van der Waals surface area contributed by atoms with Gasteiger partial charge < -0.3 is 15.1 Å². The summed E-state index contributed by atoms with van der Waals surface area (Å²) in [6.07, 6.45) is 2.20. The van der Waals surface area contributed by atoms with E-state index < -0.39 is 0 Å². The third-order valence-electron chi connectivity index (χ3n) is 4.34. The van der Waals surface area contributed by atoms with Crippen molar-refractivity contribution in [3.8, 4) is 10.6 Å². The lowest BCUT2D eigenvalue weighted by Gasteiger charge is -2.06. The van der Waals surface area contributed by atoms with E-state index in [-0.39, 0.29) is 17.6 Å². The molecule has 3 aromatic heterocycles. The molecule has 0 bridgehead atoms. The summed E-state index contributed by atoms with van der Waals surface area (Å²) in [7, 11) is 0. The number of amides is 2. The van der Waals surface area contributed by atoms with E-state index in [4.69, 9.17) is 4.42 Å². The normalized spacial score (nSPS) is 10.7. The molecule has 0 aliphatic rings. The number of thiophene rings is 1. The summed E-state index contributed by atoms with van der Waals surface area (Å²) in [6.45, 7) is 2.55. The molecule has 8 heteroatoms. The summed E-state index contributed by atoms with van der Waals surface area (Å²) in [5, 5.41) is 8.78. The molecule has 2 N–H and O–H groups in total. The van der Waals surface area contributed by atoms with Crippen molar-refractivity contribution in [3.05, 3.63) is 81.4 Å². The Morgan fingerprint density at radius 1 is 1.07 bits per heavy atom. The third kappa shape index (κ3) is 4.84. The molecule has 2 amide bonds. The van der Waals surface area contributed by atoms with Crippen LogP contribution in [0.4, 0.5) is 5.69 Å². The van der Waals surface area contributed by atoms with Gasteiger partial charge in [-0.1, -0.05) is 0 Å². The number of hydrogen-bond acceptors (Lipinski definition) is 6. The molecule has 6 nitrogen and oxygen atoms in total. The summed E-state index contributed by atoms with van der Waals surface area (Å²) in [5.74, 6) is -0.246. The van der Waals surface area contributed by atoms with Crippen molar-refractivity contribution in [2.75, 3.05) is 11.9 Å². The fourth-order valence-corrected chi connectivity index (χ4v) is 4.49. The molecule has 0 unspecified atom stereocenters. The van der Waals surface area contributed by atoms with Gasteiger partial charge in [-0.15, -0.1) is 22.7 Å². The van der Waals surface area contributed by atoms with Crippen LogP contribution < -0.4 is 10.6 Å². The van der Waals surface area contributed by atoms with Crippen LogP contribution in [-0.4, -0.2) is 23.3 Å². The van der Waals surface area contributed by atoms with Crippen molar-refractivity contribution in [2.45, 2.75) is 13.3 Å². The first-order valence-electron chi connectivity index (χ1n) is 9.33. The number of rotatable bonds is 7. The minimum absolute atomic E-state index is 0.147. The Labute approximate surface area is 181 Å². The molecule has 3 heterocycles. The Morgan fingerprint density at radius 2 is 1.90 bits per heavy atom. The quantitative estimate of drug-likeness (QED) is 0.426. The van der Waals surface area contributed by atoms with Gasteiger partial charge in [0.25, 0.3) is 11.8 Å². The van der Waals surface area contributed by atoms with Gasteiger partial charge in [0.2, 0.25) is 0 Å². The number of hydrogen-bond donors (Lipinski definition) is 2. The Balaban J connectivity index is 1.27. The van der Waals surface area contributed by atoms with Crippen molar-refractivity contribution < 1.29 is 14.0 Å². The van der Waals surface area contributed by atoms with E-state index in [1.807, 2.05) is 6.92 Å². The number of aromatic nitrogens is 1. The van der Waals surface area contributed by atoms with Crippen LogP contribution in [0.25, 0.3) is 10.6 Å². The zero-order valence-corrected chi connectivity index (χ0v) is 17.8. The predicted molar refractivity (Wildman–Crippen MR) is 119 cm³/mol. The number of carbonyl (C=O) groups excluding carboxylic acids is 2. The fraction of sp³-hybridized carbons (Fsp3) is 0.136. The SMILES string of the molecule is Cc1nc(-c2ccc(CCNC(=O)c3ccc(NC(=O)c4ccco4)cc3)s2)cs1. The molecule has 0 saturated heterocycles. The lowest BCUT2D eigenvalue weighted by atomic mass is 10.2. The summed E-state index contributed by atoms with van der Waals surface area (Å²) >= 11 is 3.34. The largest absolute Gasteiger partial charge is 0.459 e. The summed E-state index contributed by atoms with van der Waals surface area (Å²) in [4.78, 5) is 31.2. The molecule has 0 spiro atoms. The van der Waals surface area contributed by atoms with Gasteiger partial charge in [0, 0.05) is 28.1 Å². The molecule has 4 aromatic rings. The van der Waals surface area contributed by atoms with E-state index in [1.165, 1.54) is 11.1 Å². The van der Waals surface area contributed by atoms with Gasteiger partial charge in [0.15, 0.2) is 5.76 Å². The predicted octanol–water partition coefficient (Wildman–Crippen LogP) is 5.00. The van der Waals surface area contributed by atoms with Crippen molar-refractivity contribution in [2.24, 2.45) is 0 Å². The van der Waals surface area contributed by atoms with Crippen molar-refractivity contribution in [3.63, 3.8) is 0 Å². The Morgan fingerprint density at radius 3 is 2.60 bits per heavy atom. The number of aryl methyl sites for hydroxylation is 1. The molecule has 152 valence electrons. The van der Waals surface area contributed by atoms with Gasteiger partial charge in [-0.2, -0.15) is 0 Å². The summed E-state index contributed by atoms with van der Waals surface area (Å²) in [6, 6.07) is 14.1. The number of nitrogens with one attached hydrogen (secondary N) is 2. The van der Waals surface area contributed by atoms with E-state index in [2.05, 4.69) is 33.1 Å². The molecule has 0 aliphatic carbocycles. The standard InChI is InChI=1S/C22H19N3O3S2/c1-14-24-18(13-29-14)20-9-8-17(30-20)10-11-23-21(26)15-4-6-16(7-5-15)25-22(27)19-3-2-12-28-19/h2-9,12-13H,10-11H2,1H3,(H,23,26)(H,25,27). The molecule has 0 atom stereocenters. The first-order valence-corrected chi connectivity index (χ1v) is 11.0. The van der Waals surface area contributed by atoms with Gasteiger partial charge in [-0.05, 0) is 61.9 Å². The zero-order valence-electron chi connectivity index (χ0n) is 16.2. The van der Waals surface area contributed by atoms with Gasteiger partial charge in [0.1, 0.15) is 0 Å². The summed E-state index contributed by atoms with van der Waals surface area (Å²) in [5.41, 5.74) is 2.14. The molecule has 0 aliphatic heterocycles. The highest BCUT2D eigenvalue weighted by Gasteiger charge is 2.10. The average Bonchev–Trinajstić information content (AvgIpc) is 3.50. The van der Waals surface area contributed by atoms with Gasteiger partial charge in [-0.25, -0.2) is 4.98 Å². The van der Waals surface area contributed by atoms with Crippen LogP contribution in [0.3, 0.4) is 0 Å². The second kappa shape index (κ2) is 9.06. The highest BCUT2D eigenvalue weighted by molar-refractivity contribution is 7.16. The number of furan rings is 1. The second-order valence-electron chi connectivity index (χ2n) is 6.53. The molecular formula is C22H19N3O3S2. The number of carbonyl (C=O) groups is 2. The zero-order chi connectivity index (χ0) is 20.9. The molecule has 0 radical (unpaired) electrons. The Bertz CT molecular complexity index is 1140. The van der Waals surface area contributed by atoms with Gasteiger partial charge >= 0.3 is 0 Å². The first-order chi connectivity index (χ1) is 14.6. The van der Waals surface area contributed by atoms with Crippen molar-refractivity contribution >= 4 is 40.2 Å². The van der Waals surface area contributed by atoms with Crippen LogP contribution in [0.5, 0.6) is 0 Å². The Hall–Kier alpha value is -3.23. The van der Waals surface area contributed by atoms with Crippen LogP contribution in [0, 0.1) is 6.92 Å². The number of thiazole rings is 1. The molecule has 30 heavy (non-hydrogen) atoms. The highest BCUT2D eigenvalue weighted by Crippen LogP contribution is 2.29. The van der Waals surface area contributed by atoms with E-state index in [0.29, 0.717) is 17.8 Å². The van der Waals surface area contributed by atoms with Crippen LogP contribution in [0.2, 0.25) is 0 Å². The van der Waals surface area contributed by atoms with Gasteiger partial charge in [-0.3, -0.25) is 9.59 Å². The summed E-state index contributed by atoms with van der Waals surface area (Å²) < 4.78 is 5.06. The number of nitrogens with zero attached hydrogens (tertiary/aromatic N) is 1. The molecular weight excluding hydrogens is 418 g/mol. The lowest BCUT2D eigenvalue weighted by molar-refractivity contribution is 0.0953. The second-order valence-corrected chi connectivity index (χ2v) is 8.76. The van der Waals surface area contributed by atoms with Crippen LogP contribution >= 0.6 is 22.7 Å². The third-order valence-corrected chi connectivity index (χ3v) is 6.28. The van der Waals surface area contributed by atoms with Crippen LogP contribution in [-0.2, 0) is 6.42 Å². The Kier molecular flexibility index (Phi) is 6.06. The van der Waals surface area contributed by atoms with Gasteiger partial charge in [0.05, 0.1) is 21.8 Å². The number of benzene rings is 1. The molecule has 0 fully saturated rings. The van der Waals surface area contributed by atoms with Crippen LogP contribution in [0.15, 0.2) is 64.6 Å². The molecule has 1 aromatic carbocycles. The van der Waals surface area contributed by atoms with Crippen LogP contribution in [0.1, 0.15) is 30.8 Å². The van der Waals surface area contributed by atoms with Crippen molar-refractivity contribution in [1.82, 2.24) is 10.3 Å². The average molecular weight is 438 g/mol. The highest BCUT2D eigenvalue weighted by atomic mass is 32.1. The van der Waals surface area contributed by atoms with Crippen molar-refractivity contribution in [1.29, 1.82) is 0 Å². The fourth-order valence-electron chi connectivity index (χ4n) is 2.83. The smallest absolute Gasteiger partial charge is 0.291 e. The minimum Gasteiger partial charge on any atom is -0.459 e. The van der Waals surface area contributed by atoms with E-state index >= 15 is 0 Å². The first kappa shape index (κ1) is 20.1. The molecule has 4 rings (SSSR count). The lowest BCUT2D eigenvalue weighted by Crippen LogP contribution is -2.25. The molecule has 0 saturated carbocycles. The topological polar surface area (TPSA) is 84.2 Å². The van der Waals surface area contributed by atoms with E-state index in [0.717, 1.165) is 22.0 Å². The number of anilines is 1. The maximum atomic E-state index is 12.4.